The SMILES string of the molecule is NS(=O)(=O)NCCCC[C@H](NC(O)COCc1ccc(F)cc1)c1nc2ccccc2[nH]1. The Bertz CT molecular complexity index is 1060. The molecule has 0 spiro atoms. The number of rotatable bonds is 13. The number of hydrogen-bond donors (Lipinski definition) is 5. The van der Waals surface area contributed by atoms with Crippen molar-refractivity contribution >= 4 is 21.2 Å². The van der Waals surface area contributed by atoms with Gasteiger partial charge in [0.2, 0.25) is 0 Å². The van der Waals surface area contributed by atoms with Gasteiger partial charge in [-0.05, 0) is 42.7 Å². The van der Waals surface area contributed by atoms with Gasteiger partial charge in [0.25, 0.3) is 10.2 Å². The van der Waals surface area contributed by atoms with Crippen molar-refractivity contribution in [3.63, 3.8) is 0 Å². The lowest BCUT2D eigenvalue weighted by Crippen LogP contribution is -2.37. The molecule has 2 atom stereocenters. The molecule has 174 valence electrons. The van der Waals surface area contributed by atoms with Gasteiger partial charge < -0.3 is 14.8 Å². The number of aliphatic hydroxyl groups excluding tert-OH is 1. The Kier molecular flexibility index (Phi) is 8.67. The first-order chi connectivity index (χ1) is 15.3. The van der Waals surface area contributed by atoms with Crippen molar-refractivity contribution in [3.05, 3.63) is 65.7 Å². The lowest BCUT2D eigenvalue weighted by atomic mass is 10.1. The summed E-state index contributed by atoms with van der Waals surface area (Å²) in [6.07, 6.45) is 0.879. The van der Waals surface area contributed by atoms with Gasteiger partial charge in [0.05, 0.1) is 30.3 Å². The number of imidazole rings is 1. The van der Waals surface area contributed by atoms with E-state index in [2.05, 4.69) is 20.0 Å². The van der Waals surface area contributed by atoms with E-state index in [9.17, 15) is 17.9 Å². The summed E-state index contributed by atoms with van der Waals surface area (Å²) in [5.74, 6) is 0.353. The summed E-state index contributed by atoms with van der Waals surface area (Å²) in [6, 6.07) is 13.3. The van der Waals surface area contributed by atoms with E-state index >= 15 is 0 Å². The maximum atomic E-state index is 13.0. The molecule has 1 heterocycles. The molecule has 6 N–H and O–H groups in total. The largest absolute Gasteiger partial charge is 0.376 e. The highest BCUT2D eigenvalue weighted by Crippen LogP contribution is 2.21. The van der Waals surface area contributed by atoms with Crippen molar-refractivity contribution < 1.29 is 22.7 Å². The molecule has 32 heavy (non-hydrogen) atoms. The van der Waals surface area contributed by atoms with Crippen LogP contribution >= 0.6 is 0 Å². The Balaban J connectivity index is 1.56. The van der Waals surface area contributed by atoms with Gasteiger partial charge in [-0.15, -0.1) is 0 Å². The van der Waals surface area contributed by atoms with E-state index in [1.807, 2.05) is 24.3 Å². The Morgan fingerprint density at radius 3 is 2.62 bits per heavy atom. The van der Waals surface area contributed by atoms with Crippen LogP contribution < -0.4 is 15.2 Å². The molecule has 1 aromatic heterocycles. The standard InChI is InChI=1S/C21H28FN5O4S/c22-16-10-8-15(9-11-16)13-31-14-20(28)25-19(7-3-4-12-24-32(23,29)30)21-26-17-5-1-2-6-18(17)27-21/h1-2,5-6,8-11,19-20,24-25,28H,3-4,7,12-14H2,(H,26,27)(H2,23,29,30)/t19-,20?/m0/s1. The summed E-state index contributed by atoms with van der Waals surface area (Å²) in [7, 11) is -3.71. The zero-order chi connectivity index (χ0) is 23.0. The summed E-state index contributed by atoms with van der Waals surface area (Å²) < 4.78 is 42.8. The molecule has 0 radical (unpaired) electrons. The van der Waals surface area contributed by atoms with Crippen LogP contribution in [0.1, 0.15) is 36.7 Å². The summed E-state index contributed by atoms with van der Waals surface area (Å²) in [5.41, 5.74) is 2.49. The minimum atomic E-state index is -3.71. The third kappa shape index (κ3) is 7.93. The summed E-state index contributed by atoms with van der Waals surface area (Å²) in [5, 5.41) is 18.5. The normalized spacial score (nSPS) is 14.0. The number of nitrogens with one attached hydrogen (secondary N) is 3. The van der Waals surface area contributed by atoms with E-state index in [0.29, 0.717) is 25.1 Å². The van der Waals surface area contributed by atoms with Crippen molar-refractivity contribution in [2.75, 3.05) is 13.2 Å². The average molecular weight is 466 g/mol. The number of nitrogens with zero attached hydrogens (tertiary/aromatic N) is 1. The number of nitrogens with two attached hydrogens (primary N) is 1. The van der Waals surface area contributed by atoms with Crippen LogP contribution in [0.15, 0.2) is 48.5 Å². The van der Waals surface area contributed by atoms with Crippen LogP contribution in [0.5, 0.6) is 0 Å². The highest BCUT2D eigenvalue weighted by Gasteiger charge is 2.19. The maximum absolute atomic E-state index is 13.0. The highest BCUT2D eigenvalue weighted by molar-refractivity contribution is 7.87. The summed E-state index contributed by atoms with van der Waals surface area (Å²) in [6.45, 7) is 0.504. The van der Waals surface area contributed by atoms with Crippen LogP contribution in [0.25, 0.3) is 11.0 Å². The van der Waals surface area contributed by atoms with Crippen LogP contribution in [0.4, 0.5) is 4.39 Å². The predicted molar refractivity (Wildman–Crippen MR) is 119 cm³/mol. The quantitative estimate of drug-likeness (QED) is 0.193. The minimum Gasteiger partial charge on any atom is -0.376 e. The monoisotopic (exact) mass is 465 g/mol. The zero-order valence-electron chi connectivity index (χ0n) is 17.5. The van der Waals surface area contributed by atoms with E-state index in [1.54, 1.807) is 12.1 Å². The zero-order valence-corrected chi connectivity index (χ0v) is 18.3. The molecule has 0 fully saturated rings. The fourth-order valence-electron chi connectivity index (χ4n) is 3.27. The first-order valence-electron chi connectivity index (χ1n) is 10.3. The Morgan fingerprint density at radius 2 is 1.91 bits per heavy atom. The molecular formula is C21H28FN5O4S. The van der Waals surface area contributed by atoms with E-state index < -0.39 is 16.4 Å². The number of para-hydroxylation sites is 2. The number of unbranched alkanes of at least 4 members (excludes halogenated alkanes) is 1. The molecule has 0 amide bonds. The van der Waals surface area contributed by atoms with Gasteiger partial charge in [-0.3, -0.25) is 5.32 Å². The molecule has 0 bridgehead atoms. The third-order valence-electron chi connectivity index (χ3n) is 4.81. The number of ether oxygens (including phenoxy) is 1. The first kappa shape index (κ1) is 24.2. The molecule has 1 unspecified atom stereocenters. The van der Waals surface area contributed by atoms with Crippen molar-refractivity contribution in [1.82, 2.24) is 20.0 Å². The van der Waals surface area contributed by atoms with Crippen LogP contribution in [0.2, 0.25) is 0 Å². The number of aromatic amines is 1. The molecule has 2 aromatic carbocycles. The molecule has 3 aromatic rings. The van der Waals surface area contributed by atoms with Gasteiger partial charge >= 0.3 is 0 Å². The minimum absolute atomic E-state index is 0.0288. The van der Waals surface area contributed by atoms with Crippen molar-refractivity contribution in [2.24, 2.45) is 5.14 Å². The van der Waals surface area contributed by atoms with E-state index in [-0.39, 0.29) is 31.6 Å². The number of aliphatic hydroxyl groups is 1. The second kappa shape index (κ2) is 11.5. The Labute approximate surface area is 186 Å². The molecule has 0 saturated carbocycles. The third-order valence-corrected chi connectivity index (χ3v) is 5.42. The van der Waals surface area contributed by atoms with Gasteiger partial charge in [0, 0.05) is 6.54 Å². The smallest absolute Gasteiger partial charge is 0.274 e. The predicted octanol–water partition coefficient (Wildman–Crippen LogP) is 1.83. The molecule has 3 rings (SSSR count). The van der Waals surface area contributed by atoms with E-state index in [1.165, 1.54) is 12.1 Å². The van der Waals surface area contributed by atoms with Crippen LogP contribution in [-0.2, 0) is 21.6 Å². The van der Waals surface area contributed by atoms with Crippen LogP contribution in [0.3, 0.4) is 0 Å². The fraction of sp³-hybridized carbons (Fsp3) is 0.381. The molecule has 9 nitrogen and oxygen atoms in total. The number of hydrogen-bond acceptors (Lipinski definition) is 6. The molecule has 0 aliphatic rings. The number of benzene rings is 2. The number of halogens is 1. The fourth-order valence-corrected chi connectivity index (χ4v) is 3.70. The number of H-pyrrole nitrogens is 1. The van der Waals surface area contributed by atoms with Gasteiger partial charge in [-0.1, -0.05) is 30.7 Å². The van der Waals surface area contributed by atoms with E-state index in [0.717, 1.165) is 16.6 Å². The van der Waals surface area contributed by atoms with Gasteiger partial charge in [0.1, 0.15) is 17.9 Å². The molecule has 0 aliphatic carbocycles. The number of aromatic nitrogens is 2. The number of fused-ring (bicyclic) bond motifs is 1. The Hall–Kier alpha value is -2.41. The van der Waals surface area contributed by atoms with Gasteiger partial charge in [0.15, 0.2) is 0 Å². The highest BCUT2D eigenvalue weighted by atomic mass is 32.2. The molecule has 0 saturated heterocycles. The van der Waals surface area contributed by atoms with Crippen LogP contribution in [-0.4, -0.2) is 42.9 Å². The Morgan fingerprint density at radius 1 is 1.16 bits per heavy atom. The second-order valence-electron chi connectivity index (χ2n) is 7.45. The first-order valence-corrected chi connectivity index (χ1v) is 11.8. The molecular weight excluding hydrogens is 437 g/mol. The van der Waals surface area contributed by atoms with Crippen molar-refractivity contribution in [2.45, 2.75) is 38.1 Å². The van der Waals surface area contributed by atoms with Gasteiger partial charge in [-0.2, -0.15) is 8.42 Å². The van der Waals surface area contributed by atoms with E-state index in [4.69, 9.17) is 9.88 Å². The van der Waals surface area contributed by atoms with Gasteiger partial charge in [-0.25, -0.2) is 19.2 Å². The summed E-state index contributed by atoms with van der Waals surface area (Å²) >= 11 is 0. The molecule has 0 aliphatic heterocycles. The lowest BCUT2D eigenvalue weighted by molar-refractivity contribution is 0.00380. The maximum Gasteiger partial charge on any atom is 0.274 e. The lowest BCUT2D eigenvalue weighted by Gasteiger charge is -2.21. The topological polar surface area (TPSA) is 142 Å². The average Bonchev–Trinajstić information content (AvgIpc) is 3.17. The molecule has 11 heteroatoms. The van der Waals surface area contributed by atoms with Crippen LogP contribution in [0, 0.1) is 5.82 Å². The summed E-state index contributed by atoms with van der Waals surface area (Å²) in [4.78, 5) is 7.86. The van der Waals surface area contributed by atoms with Crippen molar-refractivity contribution in [3.8, 4) is 0 Å². The van der Waals surface area contributed by atoms with Crippen molar-refractivity contribution in [1.29, 1.82) is 0 Å². The second-order valence-corrected chi connectivity index (χ2v) is 8.83.